The second-order valence-corrected chi connectivity index (χ2v) is 2.94. The van der Waals surface area contributed by atoms with E-state index in [2.05, 4.69) is 4.42 Å². The fourth-order valence-electron chi connectivity index (χ4n) is 1.25. The van der Waals surface area contributed by atoms with E-state index in [1.807, 2.05) is 0 Å². The molecule has 0 aliphatic rings. The maximum Gasteiger partial charge on any atom is 0.202 e. The van der Waals surface area contributed by atoms with Gasteiger partial charge in [0.05, 0.1) is 17.4 Å². The average Bonchev–Trinajstić information content (AvgIpc) is 2.69. The van der Waals surface area contributed by atoms with Crippen molar-refractivity contribution < 1.29 is 18.0 Å². The molecule has 2 rings (SSSR count). The van der Waals surface area contributed by atoms with Crippen LogP contribution >= 0.6 is 0 Å². The summed E-state index contributed by atoms with van der Waals surface area (Å²) in [4.78, 5) is 11.6. The van der Waals surface area contributed by atoms with Gasteiger partial charge < -0.3 is 4.42 Å². The van der Waals surface area contributed by atoms with Crippen molar-refractivity contribution in [3.8, 4) is 0 Å². The molecular formula is C11H6F2O2. The minimum atomic E-state index is -0.874. The summed E-state index contributed by atoms with van der Waals surface area (Å²) >= 11 is 0. The maximum atomic E-state index is 13.2. The number of hydrogen-bond donors (Lipinski definition) is 0. The third-order valence-electron chi connectivity index (χ3n) is 1.97. The fraction of sp³-hybridized carbons (Fsp3) is 0. The first kappa shape index (κ1) is 9.58. The molecule has 0 N–H and O–H groups in total. The normalized spacial score (nSPS) is 10.3. The molecule has 4 heteroatoms. The molecule has 1 heterocycles. The summed E-state index contributed by atoms with van der Waals surface area (Å²) < 4.78 is 31.1. The highest BCUT2D eigenvalue weighted by molar-refractivity contribution is 6.09. The zero-order valence-corrected chi connectivity index (χ0v) is 7.54. The number of halogens is 2. The predicted octanol–water partition coefficient (Wildman–Crippen LogP) is 2.79. The molecule has 1 aromatic heterocycles. The summed E-state index contributed by atoms with van der Waals surface area (Å²) in [5.41, 5.74) is -0.432. The van der Waals surface area contributed by atoms with E-state index in [9.17, 15) is 13.6 Å². The number of carbonyl (C=O) groups excluding carboxylic acids is 1. The van der Waals surface area contributed by atoms with Gasteiger partial charge in [-0.15, -0.1) is 0 Å². The van der Waals surface area contributed by atoms with Crippen LogP contribution in [0.1, 0.15) is 15.9 Å². The second-order valence-electron chi connectivity index (χ2n) is 2.94. The van der Waals surface area contributed by atoms with E-state index >= 15 is 0 Å². The Bertz CT molecular complexity index is 469. The predicted molar refractivity (Wildman–Crippen MR) is 48.5 cm³/mol. The summed E-state index contributed by atoms with van der Waals surface area (Å²) in [7, 11) is 0. The third-order valence-corrected chi connectivity index (χ3v) is 1.97. The van der Waals surface area contributed by atoms with Gasteiger partial charge in [0.15, 0.2) is 0 Å². The molecule has 0 aliphatic carbocycles. The van der Waals surface area contributed by atoms with E-state index in [1.165, 1.54) is 18.4 Å². The first-order valence-corrected chi connectivity index (χ1v) is 4.21. The standard InChI is InChI=1S/C11H6F2O2/c12-8-2-1-3-9(13)10(8)11(14)7-4-5-15-6-7/h1-6H. The number of ketones is 1. The second kappa shape index (κ2) is 3.65. The summed E-state index contributed by atoms with van der Waals surface area (Å²) in [6.45, 7) is 0. The van der Waals surface area contributed by atoms with Crippen molar-refractivity contribution in [1.29, 1.82) is 0 Å². The van der Waals surface area contributed by atoms with Crippen LogP contribution in [0.2, 0.25) is 0 Å². The van der Waals surface area contributed by atoms with Gasteiger partial charge in [-0.3, -0.25) is 4.79 Å². The van der Waals surface area contributed by atoms with Crippen LogP contribution in [0, 0.1) is 11.6 Å². The molecule has 0 saturated carbocycles. The van der Waals surface area contributed by atoms with Crippen molar-refractivity contribution in [3.05, 3.63) is 59.6 Å². The number of rotatable bonds is 2. The smallest absolute Gasteiger partial charge is 0.202 e. The van der Waals surface area contributed by atoms with E-state index in [0.29, 0.717) is 0 Å². The van der Waals surface area contributed by atoms with Crippen molar-refractivity contribution in [1.82, 2.24) is 0 Å². The van der Waals surface area contributed by atoms with Crippen molar-refractivity contribution in [2.45, 2.75) is 0 Å². The molecule has 76 valence electrons. The summed E-state index contributed by atoms with van der Waals surface area (Å²) in [5.74, 6) is -2.47. The van der Waals surface area contributed by atoms with Gasteiger partial charge in [0.2, 0.25) is 5.78 Å². The van der Waals surface area contributed by atoms with Crippen LogP contribution in [0.25, 0.3) is 0 Å². The Hall–Kier alpha value is -1.97. The number of benzene rings is 1. The summed E-state index contributed by atoms with van der Waals surface area (Å²) in [6.07, 6.45) is 2.42. The molecule has 0 radical (unpaired) electrons. The van der Waals surface area contributed by atoms with Gasteiger partial charge in [0, 0.05) is 0 Å². The zero-order chi connectivity index (χ0) is 10.8. The maximum absolute atomic E-state index is 13.2. The molecular weight excluding hydrogens is 202 g/mol. The quantitative estimate of drug-likeness (QED) is 0.710. The van der Waals surface area contributed by atoms with Gasteiger partial charge >= 0.3 is 0 Å². The summed E-state index contributed by atoms with van der Waals surface area (Å²) in [5, 5.41) is 0. The third kappa shape index (κ3) is 1.66. The van der Waals surface area contributed by atoms with Gasteiger partial charge in [-0.1, -0.05) is 6.07 Å². The van der Waals surface area contributed by atoms with Gasteiger partial charge in [-0.05, 0) is 18.2 Å². The molecule has 2 nitrogen and oxygen atoms in total. The van der Waals surface area contributed by atoms with Gasteiger partial charge in [0.1, 0.15) is 17.9 Å². The molecule has 2 aromatic rings. The molecule has 15 heavy (non-hydrogen) atoms. The van der Waals surface area contributed by atoms with Crippen LogP contribution in [0.15, 0.2) is 41.2 Å². The molecule has 1 aromatic carbocycles. The van der Waals surface area contributed by atoms with Gasteiger partial charge in [-0.25, -0.2) is 8.78 Å². The molecule has 0 amide bonds. The first-order valence-electron chi connectivity index (χ1n) is 4.21. The molecule has 0 bridgehead atoms. The van der Waals surface area contributed by atoms with Crippen LogP contribution in [0.4, 0.5) is 8.78 Å². The fourth-order valence-corrected chi connectivity index (χ4v) is 1.25. The highest BCUT2D eigenvalue weighted by Gasteiger charge is 2.19. The number of hydrogen-bond acceptors (Lipinski definition) is 2. The van der Waals surface area contributed by atoms with Crippen LogP contribution in [-0.2, 0) is 0 Å². The van der Waals surface area contributed by atoms with Crippen LogP contribution in [0.3, 0.4) is 0 Å². The zero-order valence-electron chi connectivity index (χ0n) is 7.54. The molecule has 0 fully saturated rings. The SMILES string of the molecule is O=C(c1ccoc1)c1c(F)cccc1F. The van der Waals surface area contributed by atoms with Crippen LogP contribution < -0.4 is 0 Å². The van der Waals surface area contributed by atoms with Gasteiger partial charge in [-0.2, -0.15) is 0 Å². The number of furan rings is 1. The van der Waals surface area contributed by atoms with Crippen molar-refractivity contribution in [2.24, 2.45) is 0 Å². The largest absolute Gasteiger partial charge is 0.472 e. The van der Waals surface area contributed by atoms with Crippen molar-refractivity contribution >= 4 is 5.78 Å². The average molecular weight is 208 g/mol. The molecule has 0 saturated heterocycles. The highest BCUT2D eigenvalue weighted by atomic mass is 19.1. The Morgan fingerprint density at radius 2 is 1.80 bits per heavy atom. The minimum absolute atomic E-state index is 0.124. The molecule has 0 atom stereocenters. The highest BCUT2D eigenvalue weighted by Crippen LogP contribution is 2.17. The lowest BCUT2D eigenvalue weighted by Crippen LogP contribution is -2.06. The Balaban J connectivity index is 2.51. The topological polar surface area (TPSA) is 30.2 Å². The van der Waals surface area contributed by atoms with Crippen molar-refractivity contribution in [3.63, 3.8) is 0 Å². The Morgan fingerprint density at radius 1 is 1.13 bits per heavy atom. The minimum Gasteiger partial charge on any atom is -0.472 e. The van der Waals surface area contributed by atoms with Crippen molar-refractivity contribution in [2.75, 3.05) is 0 Å². The van der Waals surface area contributed by atoms with Gasteiger partial charge in [0.25, 0.3) is 0 Å². The van der Waals surface area contributed by atoms with E-state index in [4.69, 9.17) is 0 Å². The lowest BCUT2D eigenvalue weighted by Gasteiger charge is -2.01. The van der Waals surface area contributed by atoms with E-state index in [0.717, 1.165) is 18.4 Å². The molecule has 0 aliphatic heterocycles. The number of carbonyl (C=O) groups is 1. The van der Waals surface area contributed by atoms with E-state index in [1.54, 1.807) is 0 Å². The molecule has 0 spiro atoms. The lowest BCUT2D eigenvalue weighted by molar-refractivity contribution is 0.103. The van der Waals surface area contributed by atoms with Crippen LogP contribution in [0.5, 0.6) is 0 Å². The molecule has 0 unspecified atom stereocenters. The Kier molecular flexibility index (Phi) is 2.33. The van der Waals surface area contributed by atoms with E-state index < -0.39 is 23.0 Å². The Morgan fingerprint density at radius 3 is 2.33 bits per heavy atom. The van der Waals surface area contributed by atoms with Crippen LogP contribution in [-0.4, -0.2) is 5.78 Å². The lowest BCUT2D eigenvalue weighted by atomic mass is 10.1. The first-order chi connectivity index (χ1) is 7.20. The summed E-state index contributed by atoms with van der Waals surface area (Å²) in [6, 6.07) is 4.64. The van der Waals surface area contributed by atoms with E-state index in [-0.39, 0.29) is 5.56 Å². The Labute approximate surface area is 84.1 Å². The monoisotopic (exact) mass is 208 g/mol.